The van der Waals surface area contributed by atoms with Gasteiger partial charge in [-0.25, -0.2) is 4.39 Å². The summed E-state index contributed by atoms with van der Waals surface area (Å²) in [6.45, 7) is 5.65. The fraction of sp³-hybridized carbons (Fsp3) is 0.438. The van der Waals surface area contributed by atoms with Gasteiger partial charge in [-0.05, 0) is 45.0 Å². The molecule has 0 aliphatic carbocycles. The van der Waals surface area contributed by atoms with Crippen molar-refractivity contribution >= 4 is 23.5 Å². The minimum atomic E-state index is -0.371. The molecule has 0 saturated heterocycles. The molecule has 0 saturated carbocycles. The maximum Gasteiger partial charge on any atom is 0.243 e. The lowest BCUT2D eigenvalue weighted by atomic mass is 10.1. The molecule has 1 aromatic carbocycles. The van der Waals surface area contributed by atoms with E-state index in [1.165, 1.54) is 31.3 Å². The van der Waals surface area contributed by atoms with E-state index in [9.17, 15) is 14.0 Å². The molecular formula is C16H24FN5O2. The predicted octanol–water partition coefficient (Wildman–Crippen LogP) is 0.844. The standard InChI is InChI=1S/C16H24FN5O2/c1-16(2,3)22-14(24)10-20-15(18-4)19-9-13(23)21-12-7-5-11(17)6-8-12/h5-8H,9-10H2,1-4H3,(H,21,23)(H,22,24)(H2,18,19,20). The highest BCUT2D eigenvalue weighted by Crippen LogP contribution is 2.07. The number of rotatable bonds is 5. The van der Waals surface area contributed by atoms with Crippen LogP contribution in [-0.4, -0.2) is 43.5 Å². The number of hydrogen-bond acceptors (Lipinski definition) is 3. The van der Waals surface area contributed by atoms with E-state index >= 15 is 0 Å². The van der Waals surface area contributed by atoms with Crippen molar-refractivity contribution in [3.63, 3.8) is 0 Å². The Labute approximate surface area is 141 Å². The smallest absolute Gasteiger partial charge is 0.243 e. The first kappa shape index (κ1) is 19.4. The van der Waals surface area contributed by atoms with Gasteiger partial charge in [-0.2, -0.15) is 0 Å². The Bertz CT molecular complexity index is 593. The molecule has 0 aliphatic heterocycles. The summed E-state index contributed by atoms with van der Waals surface area (Å²) < 4.78 is 12.8. The summed E-state index contributed by atoms with van der Waals surface area (Å²) in [5.74, 6) is -0.539. The first-order valence-electron chi connectivity index (χ1n) is 7.50. The summed E-state index contributed by atoms with van der Waals surface area (Å²) in [5, 5.41) is 11.0. The van der Waals surface area contributed by atoms with Gasteiger partial charge in [0.2, 0.25) is 11.8 Å². The van der Waals surface area contributed by atoms with Crippen LogP contribution in [0.2, 0.25) is 0 Å². The van der Waals surface area contributed by atoms with Gasteiger partial charge in [0.25, 0.3) is 0 Å². The average Bonchev–Trinajstić information content (AvgIpc) is 2.48. The van der Waals surface area contributed by atoms with Gasteiger partial charge < -0.3 is 21.3 Å². The van der Waals surface area contributed by atoms with Gasteiger partial charge in [-0.3, -0.25) is 14.6 Å². The van der Waals surface area contributed by atoms with Crippen LogP contribution in [0.1, 0.15) is 20.8 Å². The Hall–Kier alpha value is -2.64. The number of halogens is 1. The lowest BCUT2D eigenvalue weighted by Gasteiger charge is -2.21. The Kier molecular flexibility index (Phi) is 7.16. The van der Waals surface area contributed by atoms with Crippen LogP contribution < -0.4 is 21.3 Å². The van der Waals surface area contributed by atoms with Gasteiger partial charge >= 0.3 is 0 Å². The molecule has 0 spiro atoms. The van der Waals surface area contributed by atoms with E-state index < -0.39 is 0 Å². The third kappa shape index (κ3) is 8.11. The number of hydrogen-bond donors (Lipinski definition) is 4. The van der Waals surface area contributed by atoms with E-state index in [1.807, 2.05) is 20.8 Å². The van der Waals surface area contributed by atoms with E-state index in [4.69, 9.17) is 0 Å². The Balaban J connectivity index is 2.36. The number of nitrogens with zero attached hydrogens (tertiary/aromatic N) is 1. The summed E-state index contributed by atoms with van der Waals surface area (Å²) in [4.78, 5) is 27.5. The number of benzene rings is 1. The number of carbonyl (C=O) groups excluding carboxylic acids is 2. The summed E-state index contributed by atoms with van der Waals surface area (Å²) in [5.41, 5.74) is 0.181. The maximum atomic E-state index is 12.8. The van der Waals surface area contributed by atoms with Gasteiger partial charge in [0, 0.05) is 18.3 Å². The predicted molar refractivity (Wildman–Crippen MR) is 92.3 cm³/mol. The Morgan fingerprint density at radius 1 is 1.04 bits per heavy atom. The molecule has 1 aromatic rings. The van der Waals surface area contributed by atoms with Crippen LogP contribution in [0.4, 0.5) is 10.1 Å². The van der Waals surface area contributed by atoms with Gasteiger partial charge in [0.05, 0.1) is 13.1 Å². The molecule has 4 N–H and O–H groups in total. The van der Waals surface area contributed by atoms with Crippen LogP contribution in [0.3, 0.4) is 0 Å². The second-order valence-corrected chi connectivity index (χ2v) is 6.13. The summed E-state index contributed by atoms with van der Waals surface area (Å²) in [6.07, 6.45) is 0. The van der Waals surface area contributed by atoms with Crippen molar-refractivity contribution in [3.05, 3.63) is 30.1 Å². The van der Waals surface area contributed by atoms with Crippen molar-refractivity contribution in [2.75, 3.05) is 25.5 Å². The van der Waals surface area contributed by atoms with Gasteiger partial charge in [-0.15, -0.1) is 0 Å². The summed E-state index contributed by atoms with van der Waals surface area (Å²) in [7, 11) is 1.54. The number of carbonyl (C=O) groups is 2. The molecule has 8 heteroatoms. The Morgan fingerprint density at radius 2 is 1.58 bits per heavy atom. The molecule has 132 valence electrons. The summed E-state index contributed by atoms with van der Waals surface area (Å²) >= 11 is 0. The molecule has 0 aliphatic rings. The van der Waals surface area contributed by atoms with Gasteiger partial charge in [0.1, 0.15) is 5.82 Å². The van der Waals surface area contributed by atoms with Crippen LogP contribution in [0, 0.1) is 5.82 Å². The lowest BCUT2D eigenvalue weighted by molar-refractivity contribution is -0.121. The first-order chi connectivity index (χ1) is 11.2. The second-order valence-electron chi connectivity index (χ2n) is 6.13. The zero-order valence-corrected chi connectivity index (χ0v) is 14.4. The molecule has 1 rings (SSSR count). The molecule has 0 aromatic heterocycles. The normalized spacial score (nSPS) is 11.6. The van der Waals surface area contributed by atoms with Crippen LogP contribution in [0.25, 0.3) is 0 Å². The van der Waals surface area contributed by atoms with Crippen LogP contribution in [0.15, 0.2) is 29.3 Å². The molecule has 7 nitrogen and oxygen atoms in total. The lowest BCUT2D eigenvalue weighted by Crippen LogP contribution is -2.49. The minimum Gasteiger partial charge on any atom is -0.350 e. The summed E-state index contributed by atoms with van der Waals surface area (Å²) in [6, 6.07) is 5.46. The highest BCUT2D eigenvalue weighted by atomic mass is 19.1. The molecule has 2 amide bonds. The largest absolute Gasteiger partial charge is 0.350 e. The molecule has 0 heterocycles. The van der Waals surface area contributed by atoms with E-state index in [1.54, 1.807) is 0 Å². The highest BCUT2D eigenvalue weighted by molar-refractivity contribution is 5.95. The van der Waals surface area contributed by atoms with Crippen LogP contribution in [0.5, 0.6) is 0 Å². The number of guanidine groups is 1. The minimum absolute atomic E-state index is 0.0382. The van der Waals surface area contributed by atoms with Crippen molar-refractivity contribution < 1.29 is 14.0 Å². The molecular weight excluding hydrogens is 313 g/mol. The topological polar surface area (TPSA) is 94.6 Å². The van der Waals surface area contributed by atoms with Crippen LogP contribution in [-0.2, 0) is 9.59 Å². The van der Waals surface area contributed by atoms with Crippen molar-refractivity contribution in [2.24, 2.45) is 4.99 Å². The van der Waals surface area contributed by atoms with E-state index in [0.717, 1.165) is 0 Å². The van der Waals surface area contributed by atoms with Crippen molar-refractivity contribution in [2.45, 2.75) is 26.3 Å². The molecule has 0 bridgehead atoms. The quantitative estimate of drug-likeness (QED) is 0.473. The van der Waals surface area contributed by atoms with Gasteiger partial charge in [0.15, 0.2) is 5.96 Å². The van der Waals surface area contributed by atoms with Gasteiger partial charge in [-0.1, -0.05) is 0 Å². The average molecular weight is 337 g/mol. The number of aliphatic imine (C=N–C) groups is 1. The molecule has 0 fully saturated rings. The third-order valence-corrected chi connectivity index (χ3v) is 2.70. The van der Waals surface area contributed by atoms with E-state index in [2.05, 4.69) is 26.3 Å². The van der Waals surface area contributed by atoms with Crippen molar-refractivity contribution in [3.8, 4) is 0 Å². The van der Waals surface area contributed by atoms with E-state index in [-0.39, 0.29) is 36.3 Å². The number of amides is 2. The molecule has 0 atom stereocenters. The highest BCUT2D eigenvalue weighted by Gasteiger charge is 2.13. The zero-order chi connectivity index (χ0) is 18.2. The third-order valence-electron chi connectivity index (χ3n) is 2.70. The molecule has 0 unspecified atom stereocenters. The van der Waals surface area contributed by atoms with E-state index in [0.29, 0.717) is 11.6 Å². The SMILES string of the molecule is CN=C(NCC(=O)Nc1ccc(F)cc1)NCC(=O)NC(C)(C)C. The fourth-order valence-corrected chi connectivity index (χ4v) is 1.75. The second kappa shape index (κ2) is 8.85. The maximum absolute atomic E-state index is 12.8. The Morgan fingerprint density at radius 3 is 2.08 bits per heavy atom. The van der Waals surface area contributed by atoms with Crippen molar-refractivity contribution in [1.82, 2.24) is 16.0 Å². The zero-order valence-electron chi connectivity index (χ0n) is 14.4. The monoisotopic (exact) mass is 337 g/mol. The number of nitrogens with one attached hydrogen (secondary N) is 4. The fourth-order valence-electron chi connectivity index (χ4n) is 1.75. The first-order valence-corrected chi connectivity index (χ1v) is 7.50. The van der Waals surface area contributed by atoms with Crippen molar-refractivity contribution in [1.29, 1.82) is 0 Å². The molecule has 24 heavy (non-hydrogen) atoms. The number of anilines is 1. The van der Waals surface area contributed by atoms with Crippen LogP contribution >= 0.6 is 0 Å². The molecule has 0 radical (unpaired) electrons.